The largest absolute Gasteiger partial charge is 0.310 e. The minimum Gasteiger partial charge on any atom is -0.310 e. The average molecular weight is 430 g/mol. The van der Waals surface area contributed by atoms with E-state index in [1.165, 1.54) is 22.7 Å². The van der Waals surface area contributed by atoms with E-state index in [0.29, 0.717) is 19.6 Å². The van der Waals surface area contributed by atoms with E-state index in [4.69, 9.17) is 0 Å². The molecule has 1 fully saturated rings. The molecule has 0 radical (unpaired) electrons. The SMILES string of the molecule is CS(=O)(=O)N1C[C@@H]2C[C@H](C1)c1ccc(NS(=O)(=O)c3cccs3)c(=O)n1C2. The van der Waals surface area contributed by atoms with Crippen LogP contribution in [0.1, 0.15) is 18.0 Å². The van der Waals surface area contributed by atoms with Crippen LogP contribution in [-0.2, 0) is 26.6 Å². The highest BCUT2D eigenvalue weighted by Crippen LogP contribution is 2.36. The fourth-order valence-electron chi connectivity index (χ4n) is 3.86. The second-order valence-electron chi connectivity index (χ2n) is 7.00. The highest BCUT2D eigenvalue weighted by atomic mass is 32.2. The van der Waals surface area contributed by atoms with E-state index in [0.717, 1.165) is 23.5 Å². The Morgan fingerprint density at radius 2 is 1.89 bits per heavy atom. The Labute approximate surface area is 161 Å². The van der Waals surface area contributed by atoms with Gasteiger partial charge < -0.3 is 4.57 Å². The first-order valence-corrected chi connectivity index (χ1v) is 12.6. The highest BCUT2D eigenvalue weighted by Gasteiger charge is 2.38. The number of hydrogen-bond donors (Lipinski definition) is 1. The smallest absolute Gasteiger partial charge is 0.275 e. The van der Waals surface area contributed by atoms with Gasteiger partial charge in [0.05, 0.1) is 6.26 Å². The summed E-state index contributed by atoms with van der Waals surface area (Å²) in [5.74, 6) is -0.0318. The number of sulfonamides is 2. The molecule has 2 atom stereocenters. The lowest BCUT2D eigenvalue weighted by Crippen LogP contribution is -2.49. The molecule has 0 spiro atoms. The molecule has 2 aliphatic heterocycles. The van der Waals surface area contributed by atoms with Gasteiger partial charge in [0.2, 0.25) is 10.0 Å². The van der Waals surface area contributed by atoms with E-state index < -0.39 is 25.6 Å². The molecule has 11 heteroatoms. The van der Waals surface area contributed by atoms with Crippen LogP contribution >= 0.6 is 11.3 Å². The summed E-state index contributed by atoms with van der Waals surface area (Å²) in [5.41, 5.74) is 0.367. The molecule has 2 aliphatic rings. The standard InChI is InChI=1S/C16H19N3O5S3/c1-26(21,22)18-8-11-7-12(10-18)14-5-4-13(16(20)19(14)9-11)17-27(23,24)15-3-2-6-25-15/h2-6,11-12,17H,7-10H2,1H3/t11-,12+/m0/s1. The Bertz CT molecular complexity index is 1140. The van der Waals surface area contributed by atoms with Crippen molar-refractivity contribution in [3.8, 4) is 0 Å². The highest BCUT2D eigenvalue weighted by molar-refractivity contribution is 7.94. The molecule has 27 heavy (non-hydrogen) atoms. The summed E-state index contributed by atoms with van der Waals surface area (Å²) in [4.78, 5) is 12.9. The van der Waals surface area contributed by atoms with Gasteiger partial charge in [0.25, 0.3) is 15.6 Å². The van der Waals surface area contributed by atoms with Crippen LogP contribution in [0.25, 0.3) is 0 Å². The Morgan fingerprint density at radius 3 is 2.56 bits per heavy atom. The lowest BCUT2D eigenvalue weighted by atomic mass is 9.84. The molecule has 2 bridgehead atoms. The van der Waals surface area contributed by atoms with Gasteiger partial charge in [-0.25, -0.2) is 21.1 Å². The van der Waals surface area contributed by atoms with Crippen LogP contribution in [0.15, 0.2) is 38.6 Å². The minimum absolute atomic E-state index is 0.00657. The van der Waals surface area contributed by atoms with Crippen LogP contribution in [-0.4, -0.2) is 45.1 Å². The second kappa shape index (κ2) is 6.43. The van der Waals surface area contributed by atoms with Crippen LogP contribution in [0.5, 0.6) is 0 Å². The summed E-state index contributed by atoms with van der Waals surface area (Å²) in [7, 11) is -7.08. The number of nitrogens with zero attached hydrogens (tertiary/aromatic N) is 2. The van der Waals surface area contributed by atoms with Crippen LogP contribution in [0.4, 0.5) is 5.69 Å². The number of aromatic nitrogens is 1. The number of pyridine rings is 1. The molecule has 4 rings (SSSR count). The van der Waals surface area contributed by atoms with Crippen molar-refractivity contribution in [3.63, 3.8) is 0 Å². The van der Waals surface area contributed by atoms with Gasteiger partial charge in [-0.15, -0.1) is 11.3 Å². The summed E-state index contributed by atoms with van der Waals surface area (Å²) in [6, 6.07) is 6.31. The van der Waals surface area contributed by atoms with Gasteiger partial charge in [0.1, 0.15) is 9.90 Å². The monoisotopic (exact) mass is 429 g/mol. The third-order valence-electron chi connectivity index (χ3n) is 5.04. The fourth-order valence-corrected chi connectivity index (χ4v) is 6.84. The average Bonchev–Trinajstić information content (AvgIpc) is 3.12. The Balaban J connectivity index is 1.68. The van der Waals surface area contributed by atoms with Crippen molar-refractivity contribution in [1.82, 2.24) is 8.87 Å². The molecule has 2 aromatic heterocycles. The van der Waals surface area contributed by atoms with E-state index in [1.807, 2.05) is 0 Å². The maximum Gasteiger partial charge on any atom is 0.275 e. The zero-order valence-electron chi connectivity index (χ0n) is 14.5. The van der Waals surface area contributed by atoms with Crippen molar-refractivity contribution >= 4 is 37.1 Å². The molecule has 0 amide bonds. The van der Waals surface area contributed by atoms with Crippen molar-refractivity contribution < 1.29 is 16.8 Å². The minimum atomic E-state index is -3.80. The molecule has 1 N–H and O–H groups in total. The molecular formula is C16H19N3O5S3. The molecule has 146 valence electrons. The fraction of sp³-hybridized carbons (Fsp3) is 0.438. The number of fused-ring (bicyclic) bond motifs is 4. The van der Waals surface area contributed by atoms with E-state index in [-0.39, 0.29) is 21.7 Å². The van der Waals surface area contributed by atoms with Gasteiger partial charge in [-0.1, -0.05) is 6.07 Å². The molecule has 2 aromatic rings. The molecule has 0 unspecified atom stereocenters. The molecule has 1 saturated heterocycles. The van der Waals surface area contributed by atoms with Crippen molar-refractivity contribution in [2.75, 3.05) is 24.1 Å². The lowest BCUT2D eigenvalue weighted by Gasteiger charge is -2.41. The number of hydrogen-bond acceptors (Lipinski definition) is 6. The number of piperidine rings is 1. The molecular weight excluding hydrogens is 410 g/mol. The van der Waals surface area contributed by atoms with Gasteiger partial charge in [-0.05, 0) is 35.9 Å². The maximum absolute atomic E-state index is 12.9. The first-order chi connectivity index (χ1) is 12.6. The van der Waals surface area contributed by atoms with Crippen molar-refractivity contribution in [2.24, 2.45) is 5.92 Å². The van der Waals surface area contributed by atoms with Gasteiger partial charge >= 0.3 is 0 Å². The van der Waals surface area contributed by atoms with E-state index >= 15 is 0 Å². The van der Waals surface area contributed by atoms with Crippen molar-refractivity contribution in [1.29, 1.82) is 0 Å². The first-order valence-electron chi connectivity index (χ1n) is 8.40. The quantitative estimate of drug-likeness (QED) is 0.783. The number of rotatable bonds is 4. The molecule has 0 aromatic carbocycles. The number of anilines is 1. The predicted octanol–water partition coefficient (Wildman–Crippen LogP) is 1.09. The van der Waals surface area contributed by atoms with Gasteiger partial charge in [0.15, 0.2) is 0 Å². The maximum atomic E-state index is 12.9. The first kappa shape index (κ1) is 18.7. The molecule has 8 nitrogen and oxygen atoms in total. The van der Waals surface area contributed by atoms with E-state index in [9.17, 15) is 21.6 Å². The summed E-state index contributed by atoms with van der Waals surface area (Å²) in [6.45, 7) is 1.10. The molecule has 0 aliphatic carbocycles. The van der Waals surface area contributed by atoms with Crippen LogP contribution < -0.4 is 10.3 Å². The van der Waals surface area contributed by atoms with Crippen LogP contribution in [0.3, 0.4) is 0 Å². The Kier molecular flexibility index (Phi) is 4.45. The number of thiophene rings is 1. The topological polar surface area (TPSA) is 106 Å². The van der Waals surface area contributed by atoms with E-state index in [2.05, 4.69) is 4.72 Å². The predicted molar refractivity (Wildman–Crippen MR) is 103 cm³/mol. The third-order valence-corrected chi connectivity index (χ3v) is 9.04. The normalized spacial score (nSPS) is 23.0. The summed E-state index contributed by atoms with van der Waals surface area (Å²) in [5, 5.41) is 1.66. The van der Waals surface area contributed by atoms with Crippen molar-refractivity contribution in [2.45, 2.75) is 23.1 Å². The zero-order chi connectivity index (χ0) is 19.4. The lowest BCUT2D eigenvalue weighted by molar-refractivity contribution is 0.187. The number of nitrogens with one attached hydrogen (secondary N) is 1. The molecule has 4 heterocycles. The van der Waals surface area contributed by atoms with Gasteiger partial charge in [-0.2, -0.15) is 0 Å². The van der Waals surface area contributed by atoms with Crippen molar-refractivity contribution in [3.05, 3.63) is 45.7 Å². The zero-order valence-corrected chi connectivity index (χ0v) is 17.0. The Hall–Kier alpha value is -1.69. The second-order valence-corrected chi connectivity index (χ2v) is 11.8. The van der Waals surface area contributed by atoms with Gasteiger partial charge in [-0.3, -0.25) is 9.52 Å². The summed E-state index contributed by atoms with van der Waals surface area (Å²) >= 11 is 1.08. The van der Waals surface area contributed by atoms with E-state index in [1.54, 1.807) is 22.1 Å². The Morgan fingerprint density at radius 1 is 1.11 bits per heavy atom. The van der Waals surface area contributed by atoms with Gasteiger partial charge in [0, 0.05) is 31.2 Å². The van der Waals surface area contributed by atoms with Crippen LogP contribution in [0, 0.1) is 5.92 Å². The third kappa shape index (κ3) is 3.44. The molecule has 0 saturated carbocycles. The summed E-state index contributed by atoms with van der Waals surface area (Å²) in [6.07, 6.45) is 2.02. The summed E-state index contributed by atoms with van der Waals surface area (Å²) < 4.78 is 54.2. The van der Waals surface area contributed by atoms with Crippen LogP contribution in [0.2, 0.25) is 0 Å².